The molecular weight excluding hydrogens is 225 g/mol. The lowest BCUT2D eigenvalue weighted by Gasteiger charge is -1.96. The van der Waals surface area contributed by atoms with Crippen LogP contribution in [-0.4, -0.2) is 17.0 Å². The Balaban J connectivity index is 2.66. The Bertz CT molecular complexity index is 338. The topological polar surface area (TPSA) is 38.7 Å². The van der Waals surface area contributed by atoms with Gasteiger partial charge in [-0.25, -0.2) is 4.79 Å². The first-order valence-electron chi connectivity index (χ1n) is 3.78. The standard InChI is InChI=1S/C9H7Cl2NO2/c10-6-8(13)14-12-9(11)7-4-2-1-3-5-7/h1-5H,6H2. The molecule has 0 unspecified atom stereocenters. The molecular formula is C9H7Cl2NO2. The maximum atomic E-state index is 10.6. The van der Waals surface area contributed by atoms with Crippen molar-refractivity contribution in [3.8, 4) is 0 Å². The Labute approximate surface area is 91.3 Å². The summed E-state index contributed by atoms with van der Waals surface area (Å²) in [5.74, 6) is -0.886. The number of nitrogens with zero attached hydrogens (tertiary/aromatic N) is 1. The van der Waals surface area contributed by atoms with Crippen LogP contribution >= 0.6 is 23.2 Å². The van der Waals surface area contributed by atoms with E-state index in [1.165, 1.54) is 0 Å². The minimum absolute atomic E-state index is 0.115. The molecule has 0 spiro atoms. The second-order valence-electron chi connectivity index (χ2n) is 2.35. The van der Waals surface area contributed by atoms with Gasteiger partial charge in [0, 0.05) is 5.56 Å². The number of benzene rings is 1. The second-order valence-corrected chi connectivity index (χ2v) is 2.97. The van der Waals surface area contributed by atoms with Crippen LogP contribution in [-0.2, 0) is 9.63 Å². The molecule has 74 valence electrons. The highest BCUT2D eigenvalue weighted by Gasteiger charge is 2.02. The van der Waals surface area contributed by atoms with Gasteiger partial charge >= 0.3 is 5.97 Å². The lowest BCUT2D eigenvalue weighted by Crippen LogP contribution is -2.02. The monoisotopic (exact) mass is 231 g/mol. The van der Waals surface area contributed by atoms with Crippen molar-refractivity contribution in [2.24, 2.45) is 5.16 Å². The third-order valence-electron chi connectivity index (χ3n) is 1.35. The van der Waals surface area contributed by atoms with E-state index in [1.807, 2.05) is 6.07 Å². The van der Waals surface area contributed by atoms with Crippen molar-refractivity contribution in [2.75, 3.05) is 5.88 Å². The number of alkyl halides is 1. The van der Waals surface area contributed by atoms with Crippen LogP contribution in [0.5, 0.6) is 0 Å². The van der Waals surface area contributed by atoms with E-state index in [1.54, 1.807) is 24.3 Å². The molecule has 0 heterocycles. The van der Waals surface area contributed by atoms with Crippen molar-refractivity contribution in [2.45, 2.75) is 0 Å². The molecule has 0 bridgehead atoms. The molecule has 0 aliphatic heterocycles. The number of carbonyl (C=O) groups is 1. The molecule has 0 radical (unpaired) electrons. The summed E-state index contributed by atoms with van der Waals surface area (Å²) in [6.45, 7) is 0. The van der Waals surface area contributed by atoms with Crippen LogP contribution in [0.4, 0.5) is 0 Å². The average Bonchev–Trinajstić information content (AvgIpc) is 2.26. The third kappa shape index (κ3) is 3.36. The summed E-state index contributed by atoms with van der Waals surface area (Å²) in [5, 5.41) is 3.53. The van der Waals surface area contributed by atoms with Gasteiger partial charge in [0.15, 0.2) is 5.17 Å². The summed E-state index contributed by atoms with van der Waals surface area (Å²) in [4.78, 5) is 15.0. The zero-order valence-corrected chi connectivity index (χ0v) is 8.63. The van der Waals surface area contributed by atoms with Gasteiger partial charge in [-0.3, -0.25) is 0 Å². The fraction of sp³-hybridized carbons (Fsp3) is 0.111. The highest BCUT2D eigenvalue weighted by atomic mass is 35.5. The lowest BCUT2D eigenvalue weighted by atomic mass is 10.2. The van der Waals surface area contributed by atoms with E-state index < -0.39 is 5.97 Å². The van der Waals surface area contributed by atoms with Gasteiger partial charge in [-0.05, 0) is 0 Å². The molecule has 0 saturated heterocycles. The predicted octanol–water partition coefficient (Wildman–Crippen LogP) is 2.37. The molecule has 3 nitrogen and oxygen atoms in total. The summed E-state index contributed by atoms with van der Waals surface area (Å²) >= 11 is 10.9. The van der Waals surface area contributed by atoms with E-state index >= 15 is 0 Å². The van der Waals surface area contributed by atoms with E-state index in [0.29, 0.717) is 5.56 Å². The molecule has 0 saturated carbocycles. The van der Waals surface area contributed by atoms with E-state index in [0.717, 1.165) is 0 Å². The average molecular weight is 232 g/mol. The maximum Gasteiger partial charge on any atom is 0.349 e. The van der Waals surface area contributed by atoms with Crippen LogP contribution in [0.2, 0.25) is 0 Å². The van der Waals surface area contributed by atoms with Crippen molar-refractivity contribution in [1.82, 2.24) is 0 Å². The van der Waals surface area contributed by atoms with Crippen LogP contribution in [0.15, 0.2) is 35.5 Å². The first-order valence-corrected chi connectivity index (χ1v) is 4.70. The molecule has 0 amide bonds. The highest BCUT2D eigenvalue weighted by Crippen LogP contribution is 2.04. The van der Waals surface area contributed by atoms with Crippen molar-refractivity contribution >= 4 is 34.3 Å². The third-order valence-corrected chi connectivity index (χ3v) is 1.85. The lowest BCUT2D eigenvalue weighted by molar-refractivity contribution is -0.140. The molecule has 0 N–H and O–H groups in total. The molecule has 0 aliphatic rings. The molecule has 1 aromatic rings. The maximum absolute atomic E-state index is 10.6. The first kappa shape index (κ1) is 11.0. The number of hydrogen-bond acceptors (Lipinski definition) is 3. The highest BCUT2D eigenvalue weighted by molar-refractivity contribution is 6.69. The van der Waals surface area contributed by atoms with Crippen LogP contribution in [0, 0.1) is 0 Å². The molecule has 1 aromatic carbocycles. The Morgan fingerprint density at radius 3 is 2.57 bits per heavy atom. The molecule has 0 fully saturated rings. The summed E-state index contributed by atoms with van der Waals surface area (Å²) < 4.78 is 0. The number of oxime groups is 1. The fourth-order valence-corrected chi connectivity index (χ4v) is 0.953. The zero-order chi connectivity index (χ0) is 10.4. The van der Waals surface area contributed by atoms with Crippen molar-refractivity contribution in [3.05, 3.63) is 35.9 Å². The van der Waals surface area contributed by atoms with Crippen molar-refractivity contribution < 1.29 is 9.63 Å². The second kappa shape index (κ2) is 5.62. The summed E-state index contributed by atoms with van der Waals surface area (Å²) in [6, 6.07) is 8.95. The Morgan fingerprint density at radius 2 is 2.00 bits per heavy atom. The van der Waals surface area contributed by atoms with Gasteiger partial charge in [-0.2, -0.15) is 0 Å². The normalized spacial score (nSPS) is 11.1. The quantitative estimate of drug-likeness (QED) is 0.347. The van der Waals surface area contributed by atoms with Gasteiger partial charge in [0.05, 0.1) is 0 Å². The minimum atomic E-state index is -0.638. The molecule has 14 heavy (non-hydrogen) atoms. The summed E-state index contributed by atoms with van der Waals surface area (Å²) in [6.07, 6.45) is 0. The molecule has 0 aromatic heterocycles. The molecule has 0 atom stereocenters. The molecule has 5 heteroatoms. The van der Waals surface area contributed by atoms with Crippen LogP contribution in [0.25, 0.3) is 0 Å². The zero-order valence-electron chi connectivity index (χ0n) is 7.11. The van der Waals surface area contributed by atoms with Gasteiger partial charge in [0.1, 0.15) is 5.88 Å². The first-order chi connectivity index (χ1) is 6.74. The van der Waals surface area contributed by atoms with Gasteiger partial charge in [-0.1, -0.05) is 47.1 Å². The number of rotatable bonds is 3. The van der Waals surface area contributed by atoms with Gasteiger partial charge in [-0.15, -0.1) is 11.6 Å². The van der Waals surface area contributed by atoms with E-state index in [4.69, 9.17) is 23.2 Å². The van der Waals surface area contributed by atoms with Crippen molar-refractivity contribution in [3.63, 3.8) is 0 Å². The van der Waals surface area contributed by atoms with Gasteiger partial charge < -0.3 is 4.84 Å². The SMILES string of the molecule is O=C(CCl)ON=C(Cl)c1ccccc1. The van der Waals surface area contributed by atoms with Crippen LogP contribution in [0.3, 0.4) is 0 Å². The van der Waals surface area contributed by atoms with Gasteiger partial charge in [0.2, 0.25) is 0 Å². The Kier molecular flexibility index (Phi) is 4.43. The minimum Gasteiger partial charge on any atom is -0.315 e. The predicted molar refractivity (Wildman–Crippen MR) is 55.6 cm³/mol. The molecule has 1 rings (SSSR count). The largest absolute Gasteiger partial charge is 0.349 e. The number of hydrogen-bond donors (Lipinski definition) is 0. The number of halogens is 2. The van der Waals surface area contributed by atoms with E-state index in [2.05, 4.69) is 9.99 Å². The van der Waals surface area contributed by atoms with Crippen LogP contribution in [0.1, 0.15) is 5.56 Å². The smallest absolute Gasteiger partial charge is 0.315 e. The van der Waals surface area contributed by atoms with E-state index in [-0.39, 0.29) is 11.1 Å². The summed E-state index contributed by atoms with van der Waals surface area (Å²) in [5.41, 5.74) is 0.677. The van der Waals surface area contributed by atoms with Gasteiger partial charge in [0.25, 0.3) is 0 Å². The van der Waals surface area contributed by atoms with Crippen molar-refractivity contribution in [1.29, 1.82) is 0 Å². The summed E-state index contributed by atoms with van der Waals surface area (Å²) in [7, 11) is 0. The number of carbonyl (C=O) groups excluding carboxylic acids is 1. The van der Waals surface area contributed by atoms with Crippen LogP contribution < -0.4 is 0 Å². The molecule has 0 aliphatic carbocycles. The van der Waals surface area contributed by atoms with E-state index in [9.17, 15) is 4.79 Å². The Hall–Kier alpha value is -1.06. The Morgan fingerprint density at radius 1 is 1.36 bits per heavy atom. The fourth-order valence-electron chi connectivity index (χ4n) is 0.744.